The smallest absolute Gasteiger partial charge is 0.348 e. The van der Waals surface area contributed by atoms with Gasteiger partial charge in [0.2, 0.25) is 0 Å². The van der Waals surface area contributed by atoms with E-state index in [4.69, 9.17) is 4.74 Å². The van der Waals surface area contributed by atoms with Gasteiger partial charge in [-0.1, -0.05) is 6.07 Å². The van der Waals surface area contributed by atoms with Crippen molar-refractivity contribution in [2.45, 2.75) is 30.6 Å². The third-order valence-corrected chi connectivity index (χ3v) is 5.43. The van der Waals surface area contributed by atoms with Crippen LogP contribution in [0.15, 0.2) is 17.5 Å². The Balaban J connectivity index is 1.93. The number of ether oxygens (including phenoxy) is 1. The molecule has 1 aromatic heterocycles. The van der Waals surface area contributed by atoms with Gasteiger partial charge in [-0.15, -0.1) is 11.3 Å². The molecule has 0 saturated heterocycles. The predicted molar refractivity (Wildman–Crippen MR) is 66.0 cm³/mol. The lowest BCUT2D eigenvalue weighted by Gasteiger charge is -2.11. The number of rotatable bonds is 3. The Morgan fingerprint density at radius 2 is 2.24 bits per heavy atom. The molecular weight excluding hydrogens is 260 g/mol. The van der Waals surface area contributed by atoms with Gasteiger partial charge in [-0.2, -0.15) is 0 Å². The quantitative estimate of drug-likeness (QED) is 0.789. The summed E-state index contributed by atoms with van der Waals surface area (Å²) in [4.78, 5) is 12.2. The second kappa shape index (κ2) is 4.78. The molecule has 17 heavy (non-hydrogen) atoms. The van der Waals surface area contributed by atoms with Crippen LogP contribution in [0.2, 0.25) is 0 Å². The molecule has 4 nitrogen and oxygen atoms in total. The highest BCUT2D eigenvalue weighted by atomic mass is 32.2. The molecule has 1 aromatic rings. The lowest BCUT2D eigenvalue weighted by molar-refractivity contribution is 0.0324. The minimum Gasteiger partial charge on any atom is -0.458 e. The topological polar surface area (TPSA) is 60.4 Å². The monoisotopic (exact) mass is 274 g/mol. The van der Waals surface area contributed by atoms with Gasteiger partial charge in [0.1, 0.15) is 20.8 Å². The Hall–Kier alpha value is -0.880. The predicted octanol–water partition coefficient (Wildman–Crippen LogP) is 1.87. The van der Waals surface area contributed by atoms with Gasteiger partial charge in [-0.25, -0.2) is 13.2 Å². The standard InChI is InChI=1S/C11H14O4S2/c1-17(13,14)9-5-4-8(7-9)15-11(12)10-3-2-6-16-10/h2-3,6,8-9H,4-5,7H2,1H3/t8-,9+/m1/s1. The third-order valence-electron chi connectivity index (χ3n) is 2.94. The first-order valence-corrected chi connectivity index (χ1v) is 8.23. The minimum absolute atomic E-state index is 0.260. The zero-order valence-electron chi connectivity index (χ0n) is 9.46. The number of esters is 1. The molecule has 0 aliphatic heterocycles. The van der Waals surface area contributed by atoms with Crippen molar-refractivity contribution in [1.82, 2.24) is 0 Å². The second-order valence-corrected chi connectivity index (χ2v) is 7.54. The molecule has 1 aliphatic carbocycles. The van der Waals surface area contributed by atoms with Crippen LogP contribution in [0.3, 0.4) is 0 Å². The summed E-state index contributed by atoms with van der Waals surface area (Å²) in [7, 11) is -3.01. The fourth-order valence-corrected chi connectivity index (χ4v) is 3.73. The Labute approximate surface area is 105 Å². The summed E-state index contributed by atoms with van der Waals surface area (Å²) in [5.74, 6) is -0.348. The summed E-state index contributed by atoms with van der Waals surface area (Å²) < 4.78 is 28.0. The highest BCUT2D eigenvalue weighted by Crippen LogP contribution is 2.28. The van der Waals surface area contributed by atoms with E-state index in [1.807, 2.05) is 5.38 Å². The van der Waals surface area contributed by atoms with E-state index in [9.17, 15) is 13.2 Å². The van der Waals surface area contributed by atoms with Crippen LogP contribution < -0.4 is 0 Å². The zero-order valence-corrected chi connectivity index (χ0v) is 11.1. The first-order chi connectivity index (χ1) is 7.97. The van der Waals surface area contributed by atoms with Gasteiger partial charge in [0, 0.05) is 12.7 Å². The Morgan fingerprint density at radius 3 is 2.76 bits per heavy atom. The summed E-state index contributed by atoms with van der Waals surface area (Å²) in [5.41, 5.74) is 0. The maximum atomic E-state index is 11.7. The zero-order chi connectivity index (χ0) is 12.5. The third kappa shape index (κ3) is 3.07. The fraction of sp³-hybridized carbons (Fsp3) is 0.545. The first-order valence-electron chi connectivity index (χ1n) is 5.40. The van der Waals surface area contributed by atoms with E-state index >= 15 is 0 Å². The average Bonchev–Trinajstić information content (AvgIpc) is 2.85. The van der Waals surface area contributed by atoms with E-state index in [1.165, 1.54) is 17.6 Å². The van der Waals surface area contributed by atoms with Gasteiger partial charge >= 0.3 is 5.97 Å². The molecule has 1 saturated carbocycles. The van der Waals surface area contributed by atoms with Crippen molar-refractivity contribution in [1.29, 1.82) is 0 Å². The van der Waals surface area contributed by atoms with E-state index in [0.29, 0.717) is 24.1 Å². The Kier molecular flexibility index (Phi) is 3.53. The Morgan fingerprint density at radius 1 is 1.47 bits per heavy atom. The fourth-order valence-electron chi connectivity index (χ4n) is 2.00. The molecule has 6 heteroatoms. The van der Waals surface area contributed by atoms with Gasteiger partial charge < -0.3 is 4.74 Å². The van der Waals surface area contributed by atoms with Crippen LogP contribution in [0, 0.1) is 0 Å². The van der Waals surface area contributed by atoms with Crippen molar-refractivity contribution in [3.8, 4) is 0 Å². The van der Waals surface area contributed by atoms with Crippen LogP contribution in [-0.4, -0.2) is 32.0 Å². The van der Waals surface area contributed by atoms with Crippen LogP contribution in [0.4, 0.5) is 0 Å². The van der Waals surface area contributed by atoms with E-state index < -0.39 is 9.84 Å². The minimum atomic E-state index is -3.01. The van der Waals surface area contributed by atoms with Crippen molar-refractivity contribution in [3.63, 3.8) is 0 Å². The normalized spacial score (nSPS) is 24.8. The highest BCUT2D eigenvalue weighted by Gasteiger charge is 2.33. The lowest BCUT2D eigenvalue weighted by Crippen LogP contribution is -2.19. The van der Waals surface area contributed by atoms with Crippen molar-refractivity contribution in [2.75, 3.05) is 6.26 Å². The van der Waals surface area contributed by atoms with Crippen molar-refractivity contribution in [2.24, 2.45) is 0 Å². The maximum absolute atomic E-state index is 11.7. The van der Waals surface area contributed by atoms with E-state index in [1.54, 1.807) is 12.1 Å². The highest BCUT2D eigenvalue weighted by molar-refractivity contribution is 7.91. The molecule has 1 heterocycles. The molecule has 0 N–H and O–H groups in total. The largest absolute Gasteiger partial charge is 0.458 e. The lowest BCUT2D eigenvalue weighted by atomic mass is 10.3. The first kappa shape index (κ1) is 12.6. The number of sulfone groups is 1. The summed E-state index contributed by atoms with van der Waals surface area (Å²) >= 11 is 1.33. The number of carbonyl (C=O) groups excluding carboxylic acids is 1. The van der Waals surface area contributed by atoms with Crippen LogP contribution in [0.5, 0.6) is 0 Å². The number of carbonyl (C=O) groups is 1. The molecule has 0 radical (unpaired) electrons. The maximum Gasteiger partial charge on any atom is 0.348 e. The van der Waals surface area contributed by atoms with E-state index in [0.717, 1.165) is 0 Å². The van der Waals surface area contributed by atoms with Crippen LogP contribution >= 0.6 is 11.3 Å². The molecule has 2 rings (SSSR count). The molecule has 2 atom stereocenters. The van der Waals surface area contributed by atoms with Crippen LogP contribution in [0.1, 0.15) is 28.9 Å². The van der Waals surface area contributed by atoms with Crippen molar-refractivity contribution < 1.29 is 17.9 Å². The number of hydrogen-bond acceptors (Lipinski definition) is 5. The van der Waals surface area contributed by atoms with Gasteiger partial charge in [0.15, 0.2) is 0 Å². The summed E-state index contributed by atoms with van der Waals surface area (Å²) in [6.07, 6.45) is 2.62. The molecular formula is C11H14O4S2. The van der Waals surface area contributed by atoms with Crippen LogP contribution in [0.25, 0.3) is 0 Å². The molecule has 0 bridgehead atoms. The summed E-state index contributed by atoms with van der Waals surface area (Å²) in [5, 5.41) is 1.45. The molecule has 0 spiro atoms. The molecule has 0 unspecified atom stereocenters. The molecule has 94 valence electrons. The average molecular weight is 274 g/mol. The Bertz CT molecular complexity index is 490. The van der Waals surface area contributed by atoms with Crippen LogP contribution in [-0.2, 0) is 14.6 Å². The summed E-state index contributed by atoms with van der Waals surface area (Å²) in [6, 6.07) is 3.49. The van der Waals surface area contributed by atoms with Gasteiger partial charge in [-0.3, -0.25) is 0 Å². The van der Waals surface area contributed by atoms with Gasteiger partial charge in [0.25, 0.3) is 0 Å². The second-order valence-electron chi connectivity index (χ2n) is 4.27. The number of thiophene rings is 1. The molecule has 1 aliphatic rings. The SMILES string of the molecule is CS(=O)(=O)[C@H]1CC[C@@H](OC(=O)c2cccs2)C1. The molecule has 0 amide bonds. The molecule has 0 aromatic carbocycles. The molecule has 1 fully saturated rings. The van der Waals surface area contributed by atoms with Crippen molar-refractivity contribution in [3.05, 3.63) is 22.4 Å². The van der Waals surface area contributed by atoms with Gasteiger partial charge in [-0.05, 0) is 24.3 Å². The number of hydrogen-bond donors (Lipinski definition) is 0. The van der Waals surface area contributed by atoms with Crippen molar-refractivity contribution >= 4 is 27.1 Å². The summed E-state index contributed by atoms with van der Waals surface area (Å²) in [6.45, 7) is 0. The van der Waals surface area contributed by atoms with E-state index in [2.05, 4.69) is 0 Å². The van der Waals surface area contributed by atoms with E-state index in [-0.39, 0.29) is 17.3 Å². The van der Waals surface area contributed by atoms with Gasteiger partial charge in [0.05, 0.1) is 5.25 Å².